The summed E-state index contributed by atoms with van der Waals surface area (Å²) in [6.07, 6.45) is 5.78. The fraction of sp³-hybridized carbons (Fsp3) is 0.556. The van der Waals surface area contributed by atoms with Crippen LogP contribution in [-0.4, -0.2) is 72.1 Å². The third kappa shape index (κ3) is 6.48. The number of hydrogen-bond donors (Lipinski definition) is 6. The molecule has 3 aromatic rings. The number of nitrogens with one attached hydrogen (secondary N) is 3. The van der Waals surface area contributed by atoms with Crippen molar-refractivity contribution in [2.24, 2.45) is 5.92 Å². The minimum Gasteiger partial charge on any atom is -0.394 e. The van der Waals surface area contributed by atoms with Gasteiger partial charge in [0, 0.05) is 30.6 Å². The highest BCUT2D eigenvalue weighted by Crippen LogP contribution is 2.37. The predicted molar refractivity (Wildman–Crippen MR) is 144 cm³/mol. The molecule has 2 aliphatic rings. The summed E-state index contributed by atoms with van der Waals surface area (Å²) in [5, 5.41) is 37.4. The number of rotatable bonds is 9. The molecule has 13 heteroatoms. The van der Waals surface area contributed by atoms with Crippen LogP contribution >= 0.6 is 0 Å². The first-order valence-corrected chi connectivity index (χ1v) is 13.8. The van der Waals surface area contributed by atoms with Crippen molar-refractivity contribution in [1.29, 1.82) is 0 Å². The van der Waals surface area contributed by atoms with Gasteiger partial charge in [0.05, 0.1) is 30.7 Å². The molecule has 1 aromatic carbocycles. The SMILES string of the molecule is O=C(NC[C@H](O)CO)[C@H]1CC[C@@H](n2c(Nc3ccc(F)cc3F)nc3cnc(N[C@H]4CC[C@H](O)CC4)nc32)CC1. The number of hydrogen-bond acceptors (Lipinski definition) is 9. The van der Waals surface area contributed by atoms with Crippen LogP contribution in [0.15, 0.2) is 24.4 Å². The van der Waals surface area contributed by atoms with Crippen molar-refractivity contribution in [3.63, 3.8) is 0 Å². The maximum atomic E-state index is 14.5. The number of nitrogens with zero attached hydrogens (tertiary/aromatic N) is 4. The molecule has 216 valence electrons. The van der Waals surface area contributed by atoms with E-state index in [0.29, 0.717) is 61.6 Å². The summed E-state index contributed by atoms with van der Waals surface area (Å²) in [4.78, 5) is 26.4. The average Bonchev–Trinajstić information content (AvgIpc) is 3.31. The molecule has 0 saturated heterocycles. The zero-order valence-electron chi connectivity index (χ0n) is 22.1. The summed E-state index contributed by atoms with van der Waals surface area (Å²) in [6, 6.07) is 3.32. The van der Waals surface area contributed by atoms with Crippen LogP contribution in [0, 0.1) is 17.6 Å². The minimum atomic E-state index is -1.00. The van der Waals surface area contributed by atoms with Crippen LogP contribution in [0.2, 0.25) is 0 Å². The minimum absolute atomic E-state index is 0.00856. The van der Waals surface area contributed by atoms with E-state index in [1.807, 2.05) is 4.57 Å². The fourth-order valence-corrected chi connectivity index (χ4v) is 5.53. The molecule has 1 atom stereocenters. The number of benzene rings is 1. The summed E-state index contributed by atoms with van der Waals surface area (Å²) in [7, 11) is 0. The number of halogens is 2. The van der Waals surface area contributed by atoms with Crippen LogP contribution in [0.5, 0.6) is 0 Å². The average molecular weight is 560 g/mol. The molecular weight excluding hydrogens is 524 g/mol. The van der Waals surface area contributed by atoms with Crippen LogP contribution in [-0.2, 0) is 4.79 Å². The third-order valence-electron chi connectivity index (χ3n) is 7.80. The van der Waals surface area contributed by atoms with Crippen molar-refractivity contribution >= 4 is 34.7 Å². The lowest BCUT2D eigenvalue weighted by Crippen LogP contribution is -2.39. The Morgan fingerprint density at radius 1 is 1.07 bits per heavy atom. The molecule has 6 N–H and O–H groups in total. The third-order valence-corrected chi connectivity index (χ3v) is 7.80. The maximum Gasteiger partial charge on any atom is 0.224 e. The molecule has 11 nitrogen and oxygen atoms in total. The lowest BCUT2D eigenvalue weighted by atomic mass is 9.85. The highest BCUT2D eigenvalue weighted by Gasteiger charge is 2.30. The monoisotopic (exact) mass is 559 g/mol. The van der Waals surface area contributed by atoms with Gasteiger partial charge in [-0.15, -0.1) is 0 Å². The van der Waals surface area contributed by atoms with Crippen molar-refractivity contribution in [3.8, 4) is 0 Å². The molecular formula is C27H35F2N7O4. The number of imidazole rings is 1. The zero-order valence-corrected chi connectivity index (χ0v) is 22.1. The van der Waals surface area contributed by atoms with Gasteiger partial charge in [0.15, 0.2) is 5.65 Å². The molecule has 0 radical (unpaired) electrons. The molecule has 2 fully saturated rings. The largest absolute Gasteiger partial charge is 0.394 e. The van der Waals surface area contributed by atoms with Gasteiger partial charge in [-0.1, -0.05) is 0 Å². The second-order valence-corrected chi connectivity index (χ2v) is 10.7. The first-order chi connectivity index (χ1) is 19.3. The Hall–Kier alpha value is -3.42. The normalized spacial score (nSPS) is 24.0. The number of aliphatic hydroxyl groups excluding tert-OH is 3. The highest BCUT2D eigenvalue weighted by atomic mass is 19.1. The van der Waals surface area contributed by atoms with Crippen molar-refractivity contribution in [2.75, 3.05) is 23.8 Å². The van der Waals surface area contributed by atoms with E-state index in [9.17, 15) is 23.8 Å². The molecule has 0 aliphatic heterocycles. The Labute approximate surface area is 230 Å². The van der Waals surface area contributed by atoms with Crippen LogP contribution in [0.25, 0.3) is 11.2 Å². The second-order valence-electron chi connectivity index (χ2n) is 10.7. The summed E-state index contributed by atoms with van der Waals surface area (Å²) in [5.41, 5.74) is 1.13. The number of carbonyl (C=O) groups excluding carboxylic acids is 1. The van der Waals surface area contributed by atoms with E-state index in [1.165, 1.54) is 12.1 Å². The molecule has 2 aromatic heterocycles. The van der Waals surface area contributed by atoms with Gasteiger partial charge in [-0.3, -0.25) is 9.36 Å². The maximum absolute atomic E-state index is 14.5. The highest BCUT2D eigenvalue weighted by molar-refractivity contribution is 5.79. The number of aliphatic hydroxyl groups is 3. The number of aromatic nitrogens is 4. The van der Waals surface area contributed by atoms with Crippen molar-refractivity contribution in [2.45, 2.75) is 75.7 Å². The number of anilines is 3. The van der Waals surface area contributed by atoms with E-state index >= 15 is 0 Å². The van der Waals surface area contributed by atoms with E-state index in [1.54, 1.807) is 6.20 Å². The molecule has 2 saturated carbocycles. The molecule has 5 rings (SSSR count). The Kier molecular flexibility index (Phi) is 8.72. The van der Waals surface area contributed by atoms with Gasteiger partial charge in [-0.25, -0.2) is 18.7 Å². The molecule has 0 bridgehead atoms. The molecule has 40 heavy (non-hydrogen) atoms. The second kappa shape index (κ2) is 12.4. The number of fused-ring (bicyclic) bond motifs is 1. The number of carbonyl (C=O) groups is 1. The molecule has 0 spiro atoms. The summed E-state index contributed by atoms with van der Waals surface area (Å²) < 4.78 is 30.0. The Balaban J connectivity index is 1.39. The Morgan fingerprint density at radius 3 is 2.52 bits per heavy atom. The standard InChI is InChI=1S/C27H35F2N7O4/c28-16-3-10-22(21(29)11-16)33-27-34-23-13-31-26(32-17-4-8-19(38)9-5-17)35-24(23)36(27)18-6-1-15(2-7-18)25(40)30-12-20(39)14-37/h3,10-11,13,15,17-20,37-39H,1-2,4-9,12,14H2,(H,30,40)(H,33,34)(H,31,32,35)/t15-,17-,18+,19-,20-/m0/s1. The fourth-order valence-electron chi connectivity index (χ4n) is 5.53. The quantitative estimate of drug-likeness (QED) is 0.232. The van der Waals surface area contributed by atoms with Gasteiger partial charge in [0.2, 0.25) is 17.8 Å². The van der Waals surface area contributed by atoms with Gasteiger partial charge in [0.25, 0.3) is 0 Å². The van der Waals surface area contributed by atoms with Crippen LogP contribution in [0.4, 0.5) is 26.4 Å². The van der Waals surface area contributed by atoms with Gasteiger partial charge in [-0.2, -0.15) is 4.98 Å². The molecule has 1 amide bonds. The first kappa shape index (κ1) is 28.1. The predicted octanol–water partition coefficient (Wildman–Crippen LogP) is 2.76. The van der Waals surface area contributed by atoms with Gasteiger partial charge >= 0.3 is 0 Å². The van der Waals surface area contributed by atoms with Gasteiger partial charge in [-0.05, 0) is 63.5 Å². The first-order valence-electron chi connectivity index (χ1n) is 13.8. The number of amides is 1. The van der Waals surface area contributed by atoms with E-state index in [0.717, 1.165) is 18.9 Å². The van der Waals surface area contributed by atoms with Crippen LogP contribution in [0.1, 0.15) is 57.4 Å². The summed E-state index contributed by atoms with van der Waals surface area (Å²) >= 11 is 0. The summed E-state index contributed by atoms with van der Waals surface area (Å²) in [5.74, 6) is -1.07. The van der Waals surface area contributed by atoms with Crippen molar-refractivity contribution in [1.82, 2.24) is 24.8 Å². The van der Waals surface area contributed by atoms with E-state index in [4.69, 9.17) is 10.1 Å². The van der Waals surface area contributed by atoms with Crippen LogP contribution < -0.4 is 16.0 Å². The Bertz CT molecular complexity index is 1320. The van der Waals surface area contributed by atoms with Crippen molar-refractivity contribution < 1.29 is 28.9 Å². The Morgan fingerprint density at radius 2 is 1.82 bits per heavy atom. The topological polar surface area (TPSA) is 157 Å². The van der Waals surface area contributed by atoms with E-state index < -0.39 is 24.3 Å². The van der Waals surface area contributed by atoms with Crippen LogP contribution in [0.3, 0.4) is 0 Å². The van der Waals surface area contributed by atoms with Gasteiger partial charge in [0.1, 0.15) is 17.2 Å². The van der Waals surface area contributed by atoms with E-state index in [-0.39, 0.29) is 42.2 Å². The van der Waals surface area contributed by atoms with Gasteiger partial charge < -0.3 is 31.3 Å². The smallest absolute Gasteiger partial charge is 0.224 e. The lowest BCUT2D eigenvalue weighted by molar-refractivity contribution is -0.126. The molecule has 2 heterocycles. The molecule has 2 aliphatic carbocycles. The van der Waals surface area contributed by atoms with E-state index in [2.05, 4.69) is 25.9 Å². The molecule has 0 unspecified atom stereocenters. The zero-order chi connectivity index (χ0) is 28.2. The lowest BCUT2D eigenvalue weighted by Gasteiger charge is -2.30. The van der Waals surface area contributed by atoms with Crippen molar-refractivity contribution in [3.05, 3.63) is 36.0 Å². The summed E-state index contributed by atoms with van der Waals surface area (Å²) in [6.45, 7) is -0.433.